The van der Waals surface area contributed by atoms with Crippen LogP contribution in [0.25, 0.3) is 0 Å². The van der Waals surface area contributed by atoms with Gasteiger partial charge in [0.05, 0.1) is 6.10 Å². The SMILES string of the molecule is CC(=C/C(=O)O)/C=C/[C@@]12O[C@]1(C)C[C@H](O)CC2(C)C. The number of epoxide rings is 1. The monoisotopic (exact) mass is 266 g/mol. The summed E-state index contributed by atoms with van der Waals surface area (Å²) in [5.41, 5.74) is -0.220. The Morgan fingerprint density at radius 2 is 1.95 bits per heavy atom. The summed E-state index contributed by atoms with van der Waals surface area (Å²) in [6.07, 6.45) is 5.93. The van der Waals surface area contributed by atoms with Crippen molar-refractivity contribution in [3.63, 3.8) is 0 Å². The largest absolute Gasteiger partial charge is 0.478 e. The number of ether oxygens (including phenoxy) is 1. The molecule has 2 rings (SSSR count). The summed E-state index contributed by atoms with van der Waals surface area (Å²) < 4.78 is 5.97. The second-order valence-electron chi connectivity index (χ2n) is 6.57. The van der Waals surface area contributed by atoms with Gasteiger partial charge in [0.15, 0.2) is 0 Å². The topological polar surface area (TPSA) is 70.1 Å². The van der Waals surface area contributed by atoms with E-state index < -0.39 is 11.6 Å². The molecule has 1 saturated heterocycles. The van der Waals surface area contributed by atoms with Crippen molar-refractivity contribution < 1.29 is 19.7 Å². The van der Waals surface area contributed by atoms with Gasteiger partial charge in [0.2, 0.25) is 0 Å². The standard InChI is InChI=1S/C15H22O4/c1-10(7-12(17)18)5-6-15-13(2,3)8-11(16)9-14(15,4)19-15/h5-7,11,16H,8-9H2,1-4H3,(H,17,18)/b6-5+,10-7-/t11-,14-,15+/m1/s1. The third kappa shape index (κ3) is 2.23. The Kier molecular flexibility index (Phi) is 3.14. The van der Waals surface area contributed by atoms with E-state index in [1.165, 1.54) is 6.08 Å². The van der Waals surface area contributed by atoms with E-state index >= 15 is 0 Å². The molecule has 1 aliphatic carbocycles. The van der Waals surface area contributed by atoms with Gasteiger partial charge in [-0.25, -0.2) is 4.79 Å². The molecular formula is C15H22O4. The van der Waals surface area contributed by atoms with Crippen LogP contribution in [0.2, 0.25) is 0 Å². The maximum absolute atomic E-state index is 10.6. The highest BCUT2D eigenvalue weighted by atomic mass is 16.6. The van der Waals surface area contributed by atoms with Crippen LogP contribution in [0.4, 0.5) is 0 Å². The molecule has 2 N–H and O–H groups in total. The van der Waals surface area contributed by atoms with Gasteiger partial charge in [-0.05, 0) is 31.9 Å². The molecule has 0 aromatic rings. The number of aliphatic carboxylic acids is 1. The smallest absolute Gasteiger partial charge is 0.328 e. The van der Waals surface area contributed by atoms with E-state index in [1.54, 1.807) is 13.0 Å². The fourth-order valence-corrected chi connectivity index (χ4v) is 3.57. The summed E-state index contributed by atoms with van der Waals surface area (Å²) in [6, 6.07) is 0. The second-order valence-corrected chi connectivity index (χ2v) is 6.57. The molecule has 4 heteroatoms. The lowest BCUT2D eigenvalue weighted by Crippen LogP contribution is -2.46. The third-order valence-electron chi connectivity index (χ3n) is 4.44. The van der Waals surface area contributed by atoms with Gasteiger partial charge in [-0.15, -0.1) is 0 Å². The first kappa shape index (κ1) is 14.3. The first-order chi connectivity index (χ1) is 8.62. The van der Waals surface area contributed by atoms with E-state index in [0.29, 0.717) is 18.4 Å². The van der Waals surface area contributed by atoms with Crippen molar-refractivity contribution >= 4 is 5.97 Å². The molecule has 19 heavy (non-hydrogen) atoms. The minimum atomic E-state index is -0.947. The molecular weight excluding hydrogens is 244 g/mol. The van der Waals surface area contributed by atoms with Crippen molar-refractivity contribution in [3.05, 3.63) is 23.8 Å². The predicted octanol–water partition coefficient (Wildman–Crippen LogP) is 2.28. The zero-order chi connectivity index (χ0) is 14.5. The van der Waals surface area contributed by atoms with Crippen molar-refractivity contribution in [2.24, 2.45) is 5.41 Å². The quantitative estimate of drug-likeness (QED) is 0.467. The Balaban J connectivity index is 2.25. The van der Waals surface area contributed by atoms with Gasteiger partial charge in [-0.2, -0.15) is 0 Å². The molecule has 0 radical (unpaired) electrons. The number of carboxylic acids is 1. The van der Waals surface area contributed by atoms with Crippen LogP contribution in [-0.4, -0.2) is 33.5 Å². The Hall–Kier alpha value is -1.13. The van der Waals surface area contributed by atoms with E-state index in [-0.39, 0.29) is 17.1 Å². The van der Waals surface area contributed by atoms with Crippen LogP contribution < -0.4 is 0 Å². The third-order valence-corrected chi connectivity index (χ3v) is 4.44. The van der Waals surface area contributed by atoms with Crippen molar-refractivity contribution in [3.8, 4) is 0 Å². The molecule has 3 atom stereocenters. The van der Waals surface area contributed by atoms with Gasteiger partial charge in [-0.1, -0.05) is 19.9 Å². The summed E-state index contributed by atoms with van der Waals surface area (Å²) in [7, 11) is 0. The number of rotatable bonds is 3. The van der Waals surface area contributed by atoms with E-state index in [9.17, 15) is 9.90 Å². The molecule has 0 amide bonds. The summed E-state index contributed by atoms with van der Waals surface area (Å²) in [4.78, 5) is 10.6. The number of carboxylic acid groups (broad SMARTS) is 1. The van der Waals surface area contributed by atoms with Crippen molar-refractivity contribution in [1.82, 2.24) is 0 Å². The van der Waals surface area contributed by atoms with Crippen LogP contribution in [0.3, 0.4) is 0 Å². The Morgan fingerprint density at radius 1 is 1.32 bits per heavy atom. The van der Waals surface area contributed by atoms with Gasteiger partial charge < -0.3 is 14.9 Å². The van der Waals surface area contributed by atoms with E-state index in [1.807, 2.05) is 13.0 Å². The fraction of sp³-hybridized carbons (Fsp3) is 0.667. The predicted molar refractivity (Wildman–Crippen MR) is 71.8 cm³/mol. The van der Waals surface area contributed by atoms with Crippen LogP contribution in [0.5, 0.6) is 0 Å². The van der Waals surface area contributed by atoms with Crippen molar-refractivity contribution in [2.45, 2.75) is 57.8 Å². The van der Waals surface area contributed by atoms with Gasteiger partial charge in [-0.3, -0.25) is 0 Å². The van der Waals surface area contributed by atoms with E-state index in [2.05, 4.69) is 13.8 Å². The normalized spacial score (nSPS) is 41.1. The Labute approximate surface area is 113 Å². The molecule has 2 aliphatic rings. The first-order valence-electron chi connectivity index (χ1n) is 6.61. The maximum atomic E-state index is 10.6. The highest BCUT2D eigenvalue weighted by molar-refractivity contribution is 5.81. The lowest BCUT2D eigenvalue weighted by molar-refractivity contribution is -0.131. The molecule has 0 aromatic heterocycles. The first-order valence-corrected chi connectivity index (χ1v) is 6.61. The molecule has 1 saturated carbocycles. The van der Waals surface area contributed by atoms with Gasteiger partial charge in [0, 0.05) is 17.9 Å². The maximum Gasteiger partial charge on any atom is 0.328 e. The highest BCUT2D eigenvalue weighted by Gasteiger charge is 2.74. The molecule has 0 unspecified atom stereocenters. The Bertz CT molecular complexity index is 463. The number of aliphatic hydroxyl groups excluding tert-OH is 1. The van der Waals surface area contributed by atoms with Crippen LogP contribution in [-0.2, 0) is 9.53 Å². The van der Waals surface area contributed by atoms with Gasteiger partial charge in [0.25, 0.3) is 0 Å². The minimum absolute atomic E-state index is 0.167. The second kappa shape index (κ2) is 4.18. The van der Waals surface area contributed by atoms with Crippen LogP contribution in [0, 0.1) is 5.41 Å². The fourth-order valence-electron chi connectivity index (χ4n) is 3.57. The average molecular weight is 266 g/mol. The zero-order valence-corrected chi connectivity index (χ0v) is 11.9. The molecule has 0 aromatic carbocycles. The average Bonchev–Trinajstić information content (AvgIpc) is 2.80. The number of hydrogen-bond acceptors (Lipinski definition) is 3. The van der Waals surface area contributed by atoms with E-state index in [0.717, 1.165) is 0 Å². The van der Waals surface area contributed by atoms with Crippen molar-refractivity contribution in [1.29, 1.82) is 0 Å². The molecule has 0 bridgehead atoms. The van der Waals surface area contributed by atoms with Crippen LogP contribution in [0.15, 0.2) is 23.8 Å². The van der Waals surface area contributed by atoms with Gasteiger partial charge >= 0.3 is 5.97 Å². The molecule has 106 valence electrons. The lowest BCUT2D eigenvalue weighted by atomic mass is 9.63. The van der Waals surface area contributed by atoms with Crippen LogP contribution >= 0.6 is 0 Å². The van der Waals surface area contributed by atoms with E-state index in [4.69, 9.17) is 9.84 Å². The Morgan fingerprint density at radius 3 is 2.47 bits per heavy atom. The van der Waals surface area contributed by atoms with Crippen LogP contribution in [0.1, 0.15) is 40.5 Å². The molecule has 4 nitrogen and oxygen atoms in total. The number of hydrogen-bond donors (Lipinski definition) is 2. The summed E-state index contributed by atoms with van der Waals surface area (Å²) in [5.74, 6) is -0.947. The number of allylic oxidation sites excluding steroid dienone is 2. The molecule has 0 spiro atoms. The van der Waals surface area contributed by atoms with Crippen molar-refractivity contribution in [2.75, 3.05) is 0 Å². The molecule has 1 heterocycles. The molecule has 1 aliphatic heterocycles. The highest BCUT2D eigenvalue weighted by Crippen LogP contribution is 2.66. The number of carbonyl (C=O) groups is 1. The summed E-state index contributed by atoms with van der Waals surface area (Å²) >= 11 is 0. The summed E-state index contributed by atoms with van der Waals surface area (Å²) in [5, 5.41) is 18.6. The number of aliphatic hydroxyl groups is 1. The van der Waals surface area contributed by atoms with Gasteiger partial charge in [0.1, 0.15) is 11.2 Å². The zero-order valence-electron chi connectivity index (χ0n) is 11.9. The summed E-state index contributed by atoms with van der Waals surface area (Å²) in [6.45, 7) is 7.94. The minimum Gasteiger partial charge on any atom is -0.478 e. The molecule has 2 fully saturated rings. The number of fused-ring (bicyclic) bond motifs is 1. The lowest BCUT2D eigenvalue weighted by Gasteiger charge is -2.39.